The van der Waals surface area contributed by atoms with Crippen LogP contribution in [0.1, 0.15) is 59.3 Å². The second-order valence-electron chi connectivity index (χ2n) is 7.53. The molecule has 0 bridgehead atoms. The van der Waals surface area contributed by atoms with Crippen LogP contribution in [0.5, 0.6) is 0 Å². The molecule has 0 spiro atoms. The van der Waals surface area contributed by atoms with Crippen molar-refractivity contribution in [1.29, 1.82) is 0 Å². The van der Waals surface area contributed by atoms with Gasteiger partial charge in [-0.15, -0.1) is 24.0 Å². The van der Waals surface area contributed by atoms with E-state index in [0.29, 0.717) is 25.1 Å². The Kier molecular flexibility index (Phi) is 14.7. The lowest BCUT2D eigenvalue weighted by atomic mass is 10.0. The molecule has 0 aromatic heterocycles. The van der Waals surface area contributed by atoms with Crippen molar-refractivity contribution in [2.75, 3.05) is 32.5 Å². The van der Waals surface area contributed by atoms with E-state index in [1.54, 1.807) is 7.05 Å². The van der Waals surface area contributed by atoms with Gasteiger partial charge in [0.2, 0.25) is 10.0 Å². The number of rotatable bonds is 11. The number of aliphatic imine (C=N–C) groups is 1. The van der Waals surface area contributed by atoms with Gasteiger partial charge in [-0.05, 0) is 38.5 Å². The topological polar surface area (TPSA) is 91.8 Å². The zero-order valence-electron chi connectivity index (χ0n) is 17.3. The average Bonchev–Trinajstić information content (AvgIpc) is 2.59. The minimum atomic E-state index is -3.31. The molecule has 2 unspecified atom stereocenters. The van der Waals surface area contributed by atoms with Gasteiger partial charge in [0.1, 0.15) is 0 Å². The fourth-order valence-corrected chi connectivity index (χ4v) is 3.85. The van der Waals surface area contributed by atoms with Gasteiger partial charge in [0.05, 0.1) is 11.9 Å². The van der Waals surface area contributed by atoms with Crippen LogP contribution in [0.25, 0.3) is 0 Å². The van der Waals surface area contributed by atoms with Crippen molar-refractivity contribution in [3.8, 4) is 0 Å². The van der Waals surface area contributed by atoms with E-state index in [9.17, 15) is 8.42 Å². The number of hydrogen-bond donors (Lipinski definition) is 3. The summed E-state index contributed by atoms with van der Waals surface area (Å²) in [6.45, 7) is 7.99. The third-order valence-corrected chi connectivity index (χ3v) is 5.84. The monoisotopic (exact) mass is 518 g/mol. The number of halogens is 1. The molecule has 27 heavy (non-hydrogen) atoms. The third-order valence-electron chi connectivity index (χ3n) is 4.49. The van der Waals surface area contributed by atoms with Crippen LogP contribution < -0.4 is 15.4 Å². The highest BCUT2D eigenvalue weighted by molar-refractivity contribution is 14.0. The number of nitrogens with one attached hydrogen (secondary N) is 3. The molecular formula is C18H39IN4O3S. The fraction of sp³-hybridized carbons (Fsp3) is 0.944. The van der Waals surface area contributed by atoms with Crippen LogP contribution in [-0.4, -0.2) is 59.0 Å². The first kappa shape index (κ1) is 26.9. The number of sulfonamides is 1. The Balaban J connectivity index is 0.00000676. The zero-order valence-corrected chi connectivity index (χ0v) is 20.4. The van der Waals surface area contributed by atoms with Crippen molar-refractivity contribution in [2.24, 2.45) is 10.9 Å². The Morgan fingerprint density at radius 2 is 1.96 bits per heavy atom. The Hall–Kier alpha value is -0.130. The van der Waals surface area contributed by atoms with Crippen molar-refractivity contribution in [1.82, 2.24) is 15.4 Å². The summed E-state index contributed by atoms with van der Waals surface area (Å²) in [6, 6.07) is 0.304. The molecular weight excluding hydrogens is 479 g/mol. The molecule has 0 amide bonds. The molecule has 0 radical (unpaired) electrons. The molecule has 9 heteroatoms. The molecule has 1 rings (SSSR count). The molecule has 1 heterocycles. The van der Waals surface area contributed by atoms with Gasteiger partial charge in [-0.2, -0.15) is 0 Å². The lowest BCUT2D eigenvalue weighted by Crippen LogP contribution is -2.45. The van der Waals surface area contributed by atoms with Crippen LogP contribution in [0, 0.1) is 5.92 Å². The van der Waals surface area contributed by atoms with E-state index in [1.807, 2.05) is 0 Å². The van der Waals surface area contributed by atoms with Crippen molar-refractivity contribution in [2.45, 2.75) is 71.4 Å². The van der Waals surface area contributed by atoms with E-state index >= 15 is 0 Å². The summed E-state index contributed by atoms with van der Waals surface area (Å²) in [5.74, 6) is 1.38. The van der Waals surface area contributed by atoms with Crippen molar-refractivity contribution >= 4 is 40.0 Å². The minimum absolute atomic E-state index is 0. The van der Waals surface area contributed by atoms with E-state index in [4.69, 9.17) is 4.74 Å². The van der Waals surface area contributed by atoms with Crippen LogP contribution in [0.2, 0.25) is 0 Å². The fourth-order valence-electron chi connectivity index (χ4n) is 2.90. The third kappa shape index (κ3) is 13.6. The molecule has 0 saturated carbocycles. The Bertz CT molecular complexity index is 509. The summed E-state index contributed by atoms with van der Waals surface area (Å²) in [5.41, 5.74) is 0. The van der Waals surface area contributed by atoms with Crippen LogP contribution in [0.4, 0.5) is 0 Å². The van der Waals surface area contributed by atoms with Gasteiger partial charge in [0.25, 0.3) is 0 Å². The summed E-state index contributed by atoms with van der Waals surface area (Å²) in [4.78, 5) is 4.17. The number of guanidine groups is 1. The normalized spacial score (nSPS) is 19.4. The van der Waals surface area contributed by atoms with Crippen molar-refractivity contribution < 1.29 is 13.2 Å². The van der Waals surface area contributed by atoms with E-state index in [0.717, 1.165) is 38.2 Å². The summed E-state index contributed by atoms with van der Waals surface area (Å²) in [5, 5.41) is 6.40. The van der Waals surface area contributed by atoms with Gasteiger partial charge >= 0.3 is 0 Å². The predicted octanol–water partition coefficient (Wildman–Crippen LogP) is 2.47. The van der Waals surface area contributed by atoms with Gasteiger partial charge in [-0.3, -0.25) is 4.99 Å². The smallest absolute Gasteiger partial charge is 0.213 e. The molecule has 7 nitrogen and oxygen atoms in total. The molecule has 1 aliphatic rings. The summed E-state index contributed by atoms with van der Waals surface area (Å²) in [6.07, 6.45) is 6.55. The largest absolute Gasteiger partial charge is 0.377 e. The molecule has 2 atom stereocenters. The maximum Gasteiger partial charge on any atom is 0.213 e. The van der Waals surface area contributed by atoms with Crippen LogP contribution in [0.3, 0.4) is 0 Å². The maximum atomic E-state index is 12.1. The second-order valence-corrected chi connectivity index (χ2v) is 9.45. The lowest BCUT2D eigenvalue weighted by Gasteiger charge is -2.22. The summed E-state index contributed by atoms with van der Waals surface area (Å²) < 4.78 is 32.4. The average molecular weight is 519 g/mol. The highest BCUT2D eigenvalue weighted by Crippen LogP contribution is 2.11. The van der Waals surface area contributed by atoms with Gasteiger partial charge in [-0.1, -0.05) is 26.7 Å². The Morgan fingerprint density at radius 3 is 2.56 bits per heavy atom. The Labute approximate surface area is 183 Å². The van der Waals surface area contributed by atoms with Crippen LogP contribution in [0.15, 0.2) is 4.99 Å². The zero-order chi connectivity index (χ0) is 19.4. The quantitative estimate of drug-likeness (QED) is 0.222. The summed E-state index contributed by atoms with van der Waals surface area (Å²) >= 11 is 0. The molecule has 0 aromatic rings. The van der Waals surface area contributed by atoms with E-state index in [1.165, 1.54) is 12.8 Å². The van der Waals surface area contributed by atoms with E-state index < -0.39 is 10.0 Å². The first-order valence-electron chi connectivity index (χ1n) is 9.88. The first-order valence-corrected chi connectivity index (χ1v) is 11.5. The molecule has 3 N–H and O–H groups in total. The van der Waals surface area contributed by atoms with Crippen molar-refractivity contribution in [3.63, 3.8) is 0 Å². The molecule has 1 aliphatic heterocycles. The number of nitrogens with zero attached hydrogens (tertiary/aromatic N) is 1. The minimum Gasteiger partial charge on any atom is -0.377 e. The standard InChI is InChI=1S/C18H38N4O3S.HI/c1-15(2)8-7-9-16(3)22-18(19-4)20-11-13-26(23,24)21-14-17-10-5-6-12-25-17;/h15-17,21H,5-14H2,1-4H3,(H2,19,20,22);1H. The number of hydrogen-bond acceptors (Lipinski definition) is 4. The summed E-state index contributed by atoms with van der Waals surface area (Å²) in [7, 11) is -1.61. The Morgan fingerprint density at radius 1 is 1.22 bits per heavy atom. The van der Waals surface area contributed by atoms with Gasteiger partial charge in [0, 0.05) is 32.8 Å². The first-order chi connectivity index (χ1) is 12.3. The molecule has 162 valence electrons. The van der Waals surface area contributed by atoms with Gasteiger partial charge in [-0.25, -0.2) is 13.1 Å². The van der Waals surface area contributed by atoms with E-state index in [-0.39, 0.29) is 35.8 Å². The van der Waals surface area contributed by atoms with Crippen LogP contribution >= 0.6 is 24.0 Å². The van der Waals surface area contributed by atoms with Gasteiger partial charge in [0.15, 0.2) is 5.96 Å². The van der Waals surface area contributed by atoms with E-state index in [2.05, 4.69) is 41.1 Å². The molecule has 0 aliphatic carbocycles. The molecule has 0 aromatic carbocycles. The molecule has 1 fully saturated rings. The number of ether oxygens (including phenoxy) is 1. The SMILES string of the molecule is CN=C(NCCS(=O)(=O)NCC1CCCCO1)NC(C)CCCC(C)C.I. The molecule has 1 saturated heterocycles. The van der Waals surface area contributed by atoms with Gasteiger partial charge < -0.3 is 15.4 Å². The maximum absolute atomic E-state index is 12.1. The highest BCUT2D eigenvalue weighted by atomic mass is 127. The van der Waals surface area contributed by atoms with Crippen LogP contribution in [-0.2, 0) is 14.8 Å². The second kappa shape index (κ2) is 14.8. The predicted molar refractivity (Wildman–Crippen MR) is 123 cm³/mol. The van der Waals surface area contributed by atoms with Crippen molar-refractivity contribution in [3.05, 3.63) is 0 Å². The highest BCUT2D eigenvalue weighted by Gasteiger charge is 2.17. The lowest BCUT2D eigenvalue weighted by molar-refractivity contribution is 0.0200.